The molecule has 0 amide bonds. The normalized spacial score (nSPS) is 12.6. The van der Waals surface area contributed by atoms with Crippen LogP contribution < -0.4 is 15.4 Å². The molecule has 0 saturated heterocycles. The second-order valence-electron chi connectivity index (χ2n) is 6.24. The van der Waals surface area contributed by atoms with E-state index in [2.05, 4.69) is 20.6 Å². The van der Waals surface area contributed by atoms with Crippen molar-refractivity contribution in [1.29, 1.82) is 0 Å². The van der Waals surface area contributed by atoms with Crippen molar-refractivity contribution >= 4 is 29.9 Å². The highest BCUT2D eigenvalue weighted by atomic mass is 127. The summed E-state index contributed by atoms with van der Waals surface area (Å²) in [4.78, 5) is 8.27. The lowest BCUT2D eigenvalue weighted by atomic mass is 10.0. The van der Waals surface area contributed by atoms with Crippen LogP contribution in [-0.4, -0.2) is 48.5 Å². The molecule has 30 heavy (non-hydrogen) atoms. The molecular weight excluding hydrogens is 512 g/mol. The van der Waals surface area contributed by atoms with E-state index < -0.39 is 12.8 Å². The van der Waals surface area contributed by atoms with Crippen LogP contribution in [-0.2, 0) is 6.54 Å². The van der Waals surface area contributed by atoms with Crippen molar-refractivity contribution in [1.82, 2.24) is 15.6 Å². The standard InChI is InChI=1S/C20H25F3N4O2.HI/c1-2-24-19(27-12-17(13-28)15-7-4-3-5-8-15)26-11-16-9-6-10-25-18(16)29-14-20(21,22)23;/h3-10,17,28H,2,11-14H2,1H3,(H2,24,26,27);1H. The number of hydrogen-bond donors (Lipinski definition) is 3. The highest BCUT2D eigenvalue weighted by Gasteiger charge is 2.29. The van der Waals surface area contributed by atoms with E-state index in [1.165, 1.54) is 6.20 Å². The van der Waals surface area contributed by atoms with Crippen molar-refractivity contribution < 1.29 is 23.0 Å². The van der Waals surface area contributed by atoms with Gasteiger partial charge in [0.1, 0.15) is 0 Å². The first-order chi connectivity index (χ1) is 13.9. The van der Waals surface area contributed by atoms with Crippen molar-refractivity contribution in [2.45, 2.75) is 25.6 Å². The number of ether oxygens (including phenoxy) is 1. The predicted molar refractivity (Wildman–Crippen MR) is 120 cm³/mol. The monoisotopic (exact) mass is 538 g/mol. The summed E-state index contributed by atoms with van der Waals surface area (Å²) < 4.78 is 42.0. The number of rotatable bonds is 9. The van der Waals surface area contributed by atoms with Gasteiger partial charge in [-0.1, -0.05) is 36.4 Å². The van der Waals surface area contributed by atoms with Crippen LogP contribution in [0.25, 0.3) is 0 Å². The second kappa shape index (κ2) is 13.3. The summed E-state index contributed by atoms with van der Waals surface area (Å²) >= 11 is 0. The topological polar surface area (TPSA) is 78.8 Å². The number of aliphatic hydroxyl groups excluding tert-OH is 1. The molecule has 1 atom stereocenters. The second-order valence-corrected chi connectivity index (χ2v) is 6.24. The van der Waals surface area contributed by atoms with Crippen molar-refractivity contribution in [2.75, 3.05) is 26.3 Å². The molecular formula is C20H26F3IN4O2. The van der Waals surface area contributed by atoms with E-state index in [0.717, 1.165) is 5.56 Å². The average molecular weight is 538 g/mol. The minimum Gasteiger partial charge on any atom is -0.468 e. The van der Waals surface area contributed by atoms with Gasteiger partial charge in [-0.2, -0.15) is 13.2 Å². The fraction of sp³-hybridized carbons (Fsp3) is 0.400. The summed E-state index contributed by atoms with van der Waals surface area (Å²) in [5, 5.41) is 15.9. The third kappa shape index (κ3) is 9.16. The van der Waals surface area contributed by atoms with E-state index in [1.807, 2.05) is 37.3 Å². The van der Waals surface area contributed by atoms with Gasteiger partial charge in [0.25, 0.3) is 0 Å². The largest absolute Gasteiger partial charge is 0.468 e. The number of pyridine rings is 1. The first-order valence-electron chi connectivity index (χ1n) is 9.24. The Hall–Kier alpha value is -2.08. The highest BCUT2D eigenvalue weighted by Crippen LogP contribution is 2.20. The molecule has 0 saturated carbocycles. The van der Waals surface area contributed by atoms with Gasteiger partial charge in [-0.15, -0.1) is 24.0 Å². The van der Waals surface area contributed by atoms with Crippen molar-refractivity contribution in [3.05, 3.63) is 59.8 Å². The molecule has 10 heteroatoms. The Labute approximate surface area is 191 Å². The Morgan fingerprint density at radius 3 is 2.53 bits per heavy atom. The van der Waals surface area contributed by atoms with E-state index in [0.29, 0.717) is 24.6 Å². The summed E-state index contributed by atoms with van der Waals surface area (Å²) in [5.41, 5.74) is 1.43. The van der Waals surface area contributed by atoms with E-state index >= 15 is 0 Å². The van der Waals surface area contributed by atoms with Gasteiger partial charge in [0.2, 0.25) is 5.88 Å². The first-order valence-corrected chi connectivity index (χ1v) is 9.24. The van der Waals surface area contributed by atoms with Gasteiger partial charge < -0.3 is 20.5 Å². The third-order valence-corrected chi connectivity index (χ3v) is 3.98. The smallest absolute Gasteiger partial charge is 0.422 e. The SMILES string of the molecule is CCNC(=NCc1cccnc1OCC(F)(F)F)NCC(CO)c1ccccc1.I. The van der Waals surface area contributed by atoms with Crippen LogP contribution in [0.3, 0.4) is 0 Å². The fourth-order valence-electron chi connectivity index (χ4n) is 2.56. The molecule has 166 valence electrons. The number of benzene rings is 1. The average Bonchev–Trinajstić information content (AvgIpc) is 2.71. The highest BCUT2D eigenvalue weighted by molar-refractivity contribution is 14.0. The number of guanidine groups is 1. The van der Waals surface area contributed by atoms with E-state index in [1.54, 1.807) is 12.1 Å². The van der Waals surface area contributed by atoms with Crippen LogP contribution in [0.1, 0.15) is 24.0 Å². The van der Waals surface area contributed by atoms with Gasteiger partial charge in [-0.05, 0) is 18.6 Å². The number of hydrogen-bond acceptors (Lipinski definition) is 4. The molecule has 1 aromatic carbocycles. The third-order valence-electron chi connectivity index (χ3n) is 3.98. The van der Waals surface area contributed by atoms with Crippen LogP contribution >= 0.6 is 24.0 Å². The van der Waals surface area contributed by atoms with Crippen LogP contribution in [0.5, 0.6) is 5.88 Å². The number of nitrogens with zero attached hydrogens (tertiary/aromatic N) is 2. The molecule has 2 rings (SSSR count). The molecule has 0 radical (unpaired) electrons. The van der Waals surface area contributed by atoms with Gasteiger partial charge in [0.15, 0.2) is 12.6 Å². The molecule has 1 heterocycles. The van der Waals surface area contributed by atoms with Crippen molar-refractivity contribution in [3.8, 4) is 5.88 Å². The van der Waals surface area contributed by atoms with Crippen molar-refractivity contribution in [2.24, 2.45) is 4.99 Å². The number of aromatic nitrogens is 1. The summed E-state index contributed by atoms with van der Waals surface area (Å²) in [6.45, 7) is 1.59. The Morgan fingerprint density at radius 2 is 1.90 bits per heavy atom. The maximum atomic E-state index is 12.4. The zero-order valence-electron chi connectivity index (χ0n) is 16.5. The number of nitrogens with one attached hydrogen (secondary N) is 2. The Bertz CT molecular complexity index is 776. The van der Waals surface area contributed by atoms with E-state index in [9.17, 15) is 18.3 Å². The zero-order chi connectivity index (χ0) is 21.1. The van der Waals surface area contributed by atoms with Gasteiger partial charge in [0.05, 0.1) is 13.2 Å². The molecule has 1 aromatic heterocycles. The number of alkyl halides is 3. The maximum absolute atomic E-state index is 12.4. The molecule has 0 bridgehead atoms. The molecule has 1 unspecified atom stereocenters. The zero-order valence-corrected chi connectivity index (χ0v) is 18.9. The lowest BCUT2D eigenvalue weighted by Gasteiger charge is -2.18. The quantitative estimate of drug-likeness (QED) is 0.259. The first kappa shape index (κ1) is 26.0. The lowest BCUT2D eigenvalue weighted by molar-refractivity contribution is -0.154. The van der Waals surface area contributed by atoms with Gasteiger partial charge in [-0.25, -0.2) is 9.98 Å². The van der Waals surface area contributed by atoms with Gasteiger partial charge in [0, 0.05) is 30.8 Å². The van der Waals surface area contributed by atoms with Crippen LogP contribution in [0, 0.1) is 0 Å². The Balaban J connectivity index is 0.00000450. The summed E-state index contributed by atoms with van der Waals surface area (Å²) in [6, 6.07) is 12.8. The summed E-state index contributed by atoms with van der Waals surface area (Å²) in [7, 11) is 0. The minimum absolute atomic E-state index is 0. The molecule has 0 aliphatic heterocycles. The molecule has 0 aliphatic carbocycles. The number of aliphatic imine (C=N–C) groups is 1. The molecule has 6 nitrogen and oxygen atoms in total. The van der Waals surface area contributed by atoms with Crippen LogP contribution in [0.15, 0.2) is 53.7 Å². The molecule has 0 spiro atoms. The Kier molecular flexibility index (Phi) is 11.5. The Morgan fingerprint density at radius 1 is 1.17 bits per heavy atom. The van der Waals surface area contributed by atoms with Crippen molar-refractivity contribution in [3.63, 3.8) is 0 Å². The van der Waals surface area contributed by atoms with Crippen LogP contribution in [0.2, 0.25) is 0 Å². The lowest BCUT2D eigenvalue weighted by Crippen LogP contribution is -2.40. The molecule has 3 N–H and O–H groups in total. The molecule has 2 aromatic rings. The van der Waals surface area contributed by atoms with Crippen LogP contribution in [0.4, 0.5) is 13.2 Å². The predicted octanol–water partition coefficient (Wildman–Crippen LogP) is 3.47. The molecule has 0 fully saturated rings. The minimum atomic E-state index is -4.44. The molecule has 0 aliphatic rings. The fourth-order valence-corrected chi connectivity index (χ4v) is 2.56. The van der Waals surface area contributed by atoms with Gasteiger partial charge in [-0.3, -0.25) is 0 Å². The number of halogens is 4. The van der Waals surface area contributed by atoms with Gasteiger partial charge >= 0.3 is 6.18 Å². The summed E-state index contributed by atoms with van der Waals surface area (Å²) in [6.07, 6.45) is -3.07. The number of aliphatic hydroxyl groups is 1. The van der Waals surface area contributed by atoms with E-state index in [4.69, 9.17) is 4.74 Å². The van der Waals surface area contributed by atoms with E-state index in [-0.39, 0.29) is 48.9 Å². The summed E-state index contributed by atoms with van der Waals surface area (Å²) in [5.74, 6) is 0.263. The maximum Gasteiger partial charge on any atom is 0.422 e.